The van der Waals surface area contributed by atoms with Crippen LogP contribution in [-0.4, -0.2) is 20.7 Å². The summed E-state index contributed by atoms with van der Waals surface area (Å²) in [6.45, 7) is 1.55. The molecule has 0 atom stereocenters. The zero-order valence-corrected chi connectivity index (χ0v) is 15.5. The van der Waals surface area contributed by atoms with Crippen molar-refractivity contribution in [3.63, 3.8) is 0 Å². The second-order valence-corrected chi connectivity index (χ2v) is 6.84. The molecule has 0 saturated carbocycles. The zero-order valence-electron chi connectivity index (χ0n) is 14.0. The molecule has 0 spiro atoms. The fraction of sp³-hybridized carbons (Fsp3) is 0.0500. The molecule has 4 aromatic rings. The van der Waals surface area contributed by atoms with Gasteiger partial charge in [-0.1, -0.05) is 36.4 Å². The second kappa shape index (κ2) is 6.38. The number of aromatic nitrogens is 3. The molecule has 0 amide bonds. The van der Waals surface area contributed by atoms with E-state index in [2.05, 4.69) is 30.9 Å². The molecular formula is C20H15BrN4O. The number of nitrogens with zero attached hydrogens (tertiary/aromatic N) is 2. The lowest BCUT2D eigenvalue weighted by Gasteiger charge is -2.09. The molecule has 0 radical (unpaired) electrons. The number of aromatic amines is 1. The summed E-state index contributed by atoms with van der Waals surface area (Å²) < 4.78 is 0.982. The van der Waals surface area contributed by atoms with E-state index in [1.807, 2.05) is 48.7 Å². The monoisotopic (exact) mass is 406 g/mol. The van der Waals surface area contributed by atoms with E-state index in [0.717, 1.165) is 37.8 Å². The minimum atomic E-state index is 0.0341. The van der Waals surface area contributed by atoms with Gasteiger partial charge >= 0.3 is 0 Å². The summed E-state index contributed by atoms with van der Waals surface area (Å²) in [5.74, 6) is 0.250. The first-order chi connectivity index (χ1) is 12.5. The van der Waals surface area contributed by atoms with Crippen LogP contribution in [0.5, 0.6) is 0 Å². The Hall–Kier alpha value is -2.99. The first kappa shape index (κ1) is 16.5. The number of para-hydroxylation sites is 1. The maximum Gasteiger partial charge on any atom is 0.220 e. The van der Waals surface area contributed by atoms with Gasteiger partial charge in [-0.15, -0.1) is 0 Å². The van der Waals surface area contributed by atoms with Crippen LogP contribution >= 0.6 is 15.9 Å². The van der Waals surface area contributed by atoms with Crippen LogP contribution in [-0.2, 0) is 0 Å². The van der Waals surface area contributed by atoms with Crippen molar-refractivity contribution in [3.05, 3.63) is 64.9 Å². The molecule has 0 aliphatic heterocycles. The first-order valence-corrected chi connectivity index (χ1v) is 8.84. The number of rotatable bonds is 3. The van der Waals surface area contributed by atoms with Crippen LogP contribution in [0.4, 0.5) is 5.95 Å². The second-order valence-electron chi connectivity index (χ2n) is 5.99. The molecule has 0 aliphatic carbocycles. The van der Waals surface area contributed by atoms with E-state index in [4.69, 9.17) is 5.73 Å². The predicted octanol–water partition coefficient (Wildman–Crippen LogP) is 4.84. The summed E-state index contributed by atoms with van der Waals surface area (Å²) in [6, 6.07) is 13.4. The summed E-state index contributed by atoms with van der Waals surface area (Å²) in [6.07, 6.45) is 3.64. The Labute approximate surface area is 158 Å². The third kappa shape index (κ3) is 2.78. The van der Waals surface area contributed by atoms with Gasteiger partial charge in [0.25, 0.3) is 0 Å². The van der Waals surface area contributed by atoms with Crippen LogP contribution in [0.3, 0.4) is 0 Å². The molecule has 26 heavy (non-hydrogen) atoms. The molecule has 0 saturated heterocycles. The van der Waals surface area contributed by atoms with Crippen LogP contribution in [0.1, 0.15) is 17.3 Å². The number of hydrogen-bond donors (Lipinski definition) is 2. The highest BCUT2D eigenvalue weighted by Crippen LogP contribution is 2.36. The van der Waals surface area contributed by atoms with Gasteiger partial charge in [-0.05, 0) is 34.5 Å². The Morgan fingerprint density at radius 3 is 2.62 bits per heavy atom. The number of carbonyl (C=O) groups is 1. The summed E-state index contributed by atoms with van der Waals surface area (Å²) in [5.41, 5.74) is 11.0. The molecule has 2 aromatic carbocycles. The van der Waals surface area contributed by atoms with Crippen molar-refractivity contribution in [2.75, 3.05) is 5.73 Å². The van der Waals surface area contributed by atoms with E-state index in [-0.39, 0.29) is 11.7 Å². The van der Waals surface area contributed by atoms with E-state index in [9.17, 15) is 4.79 Å². The number of nitrogens with two attached hydrogens (primary N) is 1. The summed E-state index contributed by atoms with van der Waals surface area (Å²) in [7, 11) is 0. The van der Waals surface area contributed by atoms with E-state index < -0.39 is 0 Å². The summed E-state index contributed by atoms with van der Waals surface area (Å²) in [5, 5.41) is 1.04. The molecule has 2 aromatic heterocycles. The van der Waals surface area contributed by atoms with Gasteiger partial charge in [-0.2, -0.15) is 0 Å². The summed E-state index contributed by atoms with van der Waals surface area (Å²) >= 11 is 3.56. The number of hydrogen-bond acceptors (Lipinski definition) is 4. The number of anilines is 1. The molecule has 3 N–H and O–H groups in total. The number of ketones is 1. The van der Waals surface area contributed by atoms with Gasteiger partial charge in [-0.3, -0.25) is 4.79 Å². The van der Waals surface area contributed by atoms with Gasteiger partial charge in [0.2, 0.25) is 5.95 Å². The lowest BCUT2D eigenvalue weighted by Crippen LogP contribution is -1.99. The Balaban J connectivity index is 1.93. The van der Waals surface area contributed by atoms with Gasteiger partial charge in [0, 0.05) is 38.9 Å². The van der Waals surface area contributed by atoms with Crippen molar-refractivity contribution in [1.82, 2.24) is 15.0 Å². The number of fused-ring (bicyclic) bond motifs is 1. The SMILES string of the molecule is CC(=O)c1ccc(-c2cnc(N)nc2-c2c[nH]c3c(Br)cccc23)cc1. The Kier molecular flexibility index (Phi) is 4.05. The van der Waals surface area contributed by atoms with Crippen molar-refractivity contribution in [1.29, 1.82) is 0 Å². The molecule has 5 nitrogen and oxygen atoms in total. The zero-order chi connectivity index (χ0) is 18.3. The molecule has 0 fully saturated rings. The van der Waals surface area contributed by atoms with E-state index in [0.29, 0.717) is 5.56 Å². The smallest absolute Gasteiger partial charge is 0.220 e. The maximum absolute atomic E-state index is 11.5. The molecule has 0 aliphatic rings. The fourth-order valence-electron chi connectivity index (χ4n) is 3.01. The van der Waals surface area contributed by atoms with Crippen molar-refractivity contribution >= 4 is 38.6 Å². The van der Waals surface area contributed by atoms with Crippen LogP contribution in [0.2, 0.25) is 0 Å². The standard InChI is InChI=1S/C20H15BrN4O/c1-11(26)12-5-7-13(8-6-12)15-9-24-20(22)25-18(15)16-10-23-19-14(16)3-2-4-17(19)21/h2-10,23H,1H3,(H2,22,24,25). The molecule has 4 rings (SSSR count). The lowest BCUT2D eigenvalue weighted by atomic mass is 9.99. The lowest BCUT2D eigenvalue weighted by molar-refractivity contribution is 0.101. The quantitative estimate of drug-likeness (QED) is 0.476. The highest BCUT2D eigenvalue weighted by atomic mass is 79.9. The van der Waals surface area contributed by atoms with Crippen molar-refractivity contribution in [2.24, 2.45) is 0 Å². The number of benzene rings is 2. The average molecular weight is 407 g/mol. The Morgan fingerprint density at radius 1 is 1.12 bits per heavy atom. The third-order valence-electron chi connectivity index (χ3n) is 4.33. The molecular weight excluding hydrogens is 392 g/mol. The van der Waals surface area contributed by atoms with Crippen LogP contribution in [0, 0.1) is 0 Å². The van der Waals surface area contributed by atoms with E-state index in [1.165, 1.54) is 0 Å². The van der Waals surface area contributed by atoms with Crippen molar-refractivity contribution in [3.8, 4) is 22.4 Å². The first-order valence-electron chi connectivity index (χ1n) is 8.04. The fourth-order valence-corrected chi connectivity index (χ4v) is 3.49. The predicted molar refractivity (Wildman–Crippen MR) is 107 cm³/mol. The van der Waals surface area contributed by atoms with Gasteiger partial charge in [-0.25, -0.2) is 9.97 Å². The number of nitrogen functional groups attached to an aromatic ring is 1. The van der Waals surface area contributed by atoms with Gasteiger partial charge in [0.1, 0.15) is 0 Å². The molecule has 6 heteroatoms. The molecule has 128 valence electrons. The third-order valence-corrected chi connectivity index (χ3v) is 4.99. The van der Waals surface area contributed by atoms with Crippen LogP contribution < -0.4 is 5.73 Å². The van der Waals surface area contributed by atoms with Crippen LogP contribution in [0.15, 0.2) is 59.3 Å². The number of carbonyl (C=O) groups excluding carboxylic acids is 1. The highest BCUT2D eigenvalue weighted by molar-refractivity contribution is 9.10. The van der Waals surface area contributed by atoms with Crippen molar-refractivity contribution in [2.45, 2.75) is 6.92 Å². The normalized spacial score (nSPS) is 11.0. The largest absolute Gasteiger partial charge is 0.368 e. The summed E-state index contributed by atoms with van der Waals surface area (Å²) in [4.78, 5) is 23.5. The Morgan fingerprint density at radius 2 is 1.88 bits per heavy atom. The molecule has 0 unspecified atom stereocenters. The minimum Gasteiger partial charge on any atom is -0.368 e. The number of halogens is 1. The number of H-pyrrole nitrogens is 1. The maximum atomic E-state index is 11.5. The average Bonchev–Trinajstić information content (AvgIpc) is 3.07. The number of nitrogens with one attached hydrogen (secondary N) is 1. The highest BCUT2D eigenvalue weighted by Gasteiger charge is 2.16. The van der Waals surface area contributed by atoms with E-state index >= 15 is 0 Å². The Bertz CT molecular complexity index is 1130. The van der Waals surface area contributed by atoms with Gasteiger partial charge in [0.05, 0.1) is 11.2 Å². The number of Topliss-reactive ketones (excluding diaryl/α,β-unsaturated/α-hetero) is 1. The minimum absolute atomic E-state index is 0.0341. The van der Waals surface area contributed by atoms with E-state index in [1.54, 1.807) is 13.1 Å². The molecule has 2 heterocycles. The van der Waals surface area contributed by atoms with Gasteiger partial charge in [0.15, 0.2) is 5.78 Å². The van der Waals surface area contributed by atoms with Gasteiger partial charge < -0.3 is 10.7 Å². The van der Waals surface area contributed by atoms with Crippen LogP contribution in [0.25, 0.3) is 33.3 Å². The topological polar surface area (TPSA) is 84.7 Å². The molecule has 0 bridgehead atoms. The van der Waals surface area contributed by atoms with Crippen molar-refractivity contribution < 1.29 is 4.79 Å².